The van der Waals surface area contributed by atoms with Crippen molar-refractivity contribution in [2.24, 2.45) is 5.92 Å². The number of benzene rings is 1. The largest absolute Gasteiger partial charge is 0.340 e. The molecule has 1 fully saturated rings. The molecule has 3 heterocycles. The molecule has 156 valence electrons. The maximum Gasteiger partial charge on any atom is 0.230 e. The number of nitrogens with one attached hydrogen (secondary N) is 1. The minimum atomic E-state index is -0.522. The number of aryl methyl sites for hydroxylation is 1. The summed E-state index contributed by atoms with van der Waals surface area (Å²) in [6, 6.07) is 5.04. The molecule has 4 rings (SSSR count). The van der Waals surface area contributed by atoms with Gasteiger partial charge in [0, 0.05) is 36.6 Å². The summed E-state index contributed by atoms with van der Waals surface area (Å²) in [6.45, 7) is 3.14. The number of piperidine rings is 1. The van der Waals surface area contributed by atoms with Crippen molar-refractivity contribution in [3.8, 4) is 0 Å². The van der Waals surface area contributed by atoms with Crippen molar-refractivity contribution in [2.75, 3.05) is 23.3 Å². The molecule has 0 saturated carbocycles. The van der Waals surface area contributed by atoms with E-state index in [0.717, 1.165) is 43.1 Å². The monoisotopic (exact) mass is 412 g/mol. The number of carbonyl (C=O) groups excluding carboxylic acids is 1. The third-order valence-electron chi connectivity index (χ3n) is 5.22. The first-order chi connectivity index (χ1) is 14.5. The van der Waals surface area contributed by atoms with Crippen molar-refractivity contribution in [3.05, 3.63) is 65.6 Å². The fourth-order valence-corrected chi connectivity index (χ4v) is 3.63. The van der Waals surface area contributed by atoms with Gasteiger partial charge in [-0.05, 0) is 44.0 Å². The van der Waals surface area contributed by atoms with Gasteiger partial charge < -0.3 is 10.2 Å². The summed E-state index contributed by atoms with van der Waals surface area (Å²) in [6.07, 6.45) is 6.56. The van der Waals surface area contributed by atoms with E-state index in [1.165, 1.54) is 4.68 Å². The topological polar surface area (TPSA) is 75.9 Å². The number of amides is 1. The van der Waals surface area contributed by atoms with Crippen LogP contribution in [-0.2, 0) is 11.3 Å². The smallest absolute Gasteiger partial charge is 0.230 e. The molecule has 3 aromatic rings. The van der Waals surface area contributed by atoms with Crippen molar-refractivity contribution in [1.29, 1.82) is 0 Å². The number of hydrogen-bond donors (Lipinski definition) is 1. The van der Waals surface area contributed by atoms with E-state index < -0.39 is 11.6 Å². The van der Waals surface area contributed by atoms with Gasteiger partial charge in [-0.1, -0.05) is 0 Å². The van der Waals surface area contributed by atoms with E-state index in [1.54, 1.807) is 24.7 Å². The molecule has 0 aliphatic carbocycles. The van der Waals surface area contributed by atoms with Crippen molar-refractivity contribution in [1.82, 2.24) is 19.7 Å². The molecule has 2 aromatic heterocycles. The van der Waals surface area contributed by atoms with Gasteiger partial charge in [0.1, 0.15) is 17.5 Å². The number of aromatic nitrogens is 4. The van der Waals surface area contributed by atoms with Crippen molar-refractivity contribution in [3.63, 3.8) is 0 Å². The second-order valence-electron chi connectivity index (χ2n) is 7.39. The fourth-order valence-electron chi connectivity index (χ4n) is 3.63. The normalized spacial score (nSPS) is 16.5. The third kappa shape index (κ3) is 4.29. The average molecular weight is 412 g/mol. The van der Waals surface area contributed by atoms with Gasteiger partial charge in [-0.2, -0.15) is 5.10 Å². The number of anilines is 2. The molecule has 0 radical (unpaired) electrons. The van der Waals surface area contributed by atoms with Gasteiger partial charge in [0.2, 0.25) is 11.9 Å². The van der Waals surface area contributed by atoms with Crippen LogP contribution in [0.15, 0.2) is 42.9 Å². The minimum Gasteiger partial charge on any atom is -0.340 e. The predicted octanol–water partition coefficient (Wildman–Crippen LogP) is 3.16. The zero-order valence-corrected chi connectivity index (χ0v) is 16.6. The Morgan fingerprint density at radius 2 is 2.07 bits per heavy atom. The number of hydrogen-bond acceptors (Lipinski definition) is 5. The summed E-state index contributed by atoms with van der Waals surface area (Å²) in [5.41, 5.74) is 0.915. The lowest BCUT2D eigenvalue weighted by Gasteiger charge is -2.32. The van der Waals surface area contributed by atoms with Crippen LogP contribution in [0.2, 0.25) is 0 Å². The van der Waals surface area contributed by atoms with Crippen LogP contribution in [-0.4, -0.2) is 38.7 Å². The standard InChI is InChI=1S/C21H22F2N6O/c1-14-11-26-29(13-16-10-17(22)5-6-18(16)23)19(14)27-20(30)15-4-2-9-28(12-15)21-24-7-3-8-25-21/h3,5-8,10-11,15H,2,4,9,12-13H2,1H3,(H,27,30). The fraction of sp³-hybridized carbons (Fsp3) is 0.333. The zero-order chi connectivity index (χ0) is 21.1. The summed E-state index contributed by atoms with van der Waals surface area (Å²) in [5.74, 6) is -0.329. The minimum absolute atomic E-state index is 0.0156. The Bertz CT molecular complexity index is 1040. The lowest BCUT2D eigenvalue weighted by atomic mass is 9.97. The molecule has 1 N–H and O–H groups in total. The van der Waals surface area contributed by atoms with Crippen molar-refractivity contribution < 1.29 is 13.6 Å². The molecule has 1 aliphatic rings. The number of halogens is 2. The van der Waals surface area contributed by atoms with E-state index in [-0.39, 0.29) is 23.9 Å². The lowest BCUT2D eigenvalue weighted by molar-refractivity contribution is -0.120. The highest BCUT2D eigenvalue weighted by atomic mass is 19.1. The van der Waals surface area contributed by atoms with Gasteiger partial charge in [0.05, 0.1) is 18.7 Å². The Morgan fingerprint density at radius 1 is 1.27 bits per heavy atom. The Balaban J connectivity index is 1.48. The first kappa shape index (κ1) is 19.9. The van der Waals surface area contributed by atoms with Crippen LogP contribution in [0, 0.1) is 24.5 Å². The van der Waals surface area contributed by atoms with E-state index in [1.807, 2.05) is 11.8 Å². The van der Waals surface area contributed by atoms with Gasteiger partial charge in [-0.15, -0.1) is 0 Å². The van der Waals surface area contributed by atoms with Gasteiger partial charge in [-0.3, -0.25) is 4.79 Å². The molecule has 1 aromatic carbocycles. The number of carbonyl (C=O) groups is 1. The predicted molar refractivity (Wildman–Crippen MR) is 108 cm³/mol. The van der Waals surface area contributed by atoms with Gasteiger partial charge in [-0.25, -0.2) is 23.4 Å². The lowest BCUT2D eigenvalue weighted by Crippen LogP contribution is -2.41. The van der Waals surface area contributed by atoms with Crippen molar-refractivity contribution in [2.45, 2.75) is 26.3 Å². The van der Waals surface area contributed by atoms with Crippen LogP contribution in [0.25, 0.3) is 0 Å². The molecule has 1 atom stereocenters. The SMILES string of the molecule is Cc1cnn(Cc2cc(F)ccc2F)c1NC(=O)C1CCCN(c2ncccn2)C1. The molecular formula is C21H22F2N6O. The zero-order valence-electron chi connectivity index (χ0n) is 16.6. The van der Waals surface area contributed by atoms with Crippen LogP contribution in [0.5, 0.6) is 0 Å². The molecule has 7 nitrogen and oxygen atoms in total. The van der Waals surface area contributed by atoms with Gasteiger partial charge in [0.15, 0.2) is 0 Å². The molecule has 30 heavy (non-hydrogen) atoms. The summed E-state index contributed by atoms with van der Waals surface area (Å²) in [5, 5.41) is 7.16. The molecule has 1 aliphatic heterocycles. The van der Waals surface area contributed by atoms with Crippen LogP contribution >= 0.6 is 0 Å². The highest BCUT2D eigenvalue weighted by Gasteiger charge is 2.28. The first-order valence-electron chi connectivity index (χ1n) is 9.80. The Morgan fingerprint density at radius 3 is 2.87 bits per heavy atom. The second-order valence-corrected chi connectivity index (χ2v) is 7.39. The molecule has 0 spiro atoms. The second kappa shape index (κ2) is 8.56. The summed E-state index contributed by atoms with van der Waals surface area (Å²) < 4.78 is 29.0. The van der Waals surface area contributed by atoms with E-state index in [4.69, 9.17) is 0 Å². The molecular weight excluding hydrogens is 390 g/mol. The van der Waals surface area contributed by atoms with Gasteiger partial charge in [0.25, 0.3) is 0 Å². The molecule has 9 heteroatoms. The van der Waals surface area contributed by atoms with E-state index in [0.29, 0.717) is 18.3 Å². The maximum atomic E-state index is 14.0. The Kier molecular flexibility index (Phi) is 5.69. The molecule has 1 saturated heterocycles. The highest BCUT2D eigenvalue weighted by Crippen LogP contribution is 2.23. The number of rotatable bonds is 5. The van der Waals surface area contributed by atoms with E-state index >= 15 is 0 Å². The quantitative estimate of drug-likeness (QED) is 0.697. The van der Waals surface area contributed by atoms with E-state index in [9.17, 15) is 13.6 Å². The molecule has 1 unspecified atom stereocenters. The first-order valence-corrected chi connectivity index (χ1v) is 9.80. The highest BCUT2D eigenvalue weighted by molar-refractivity contribution is 5.92. The van der Waals surface area contributed by atoms with E-state index in [2.05, 4.69) is 20.4 Å². The number of nitrogens with zero attached hydrogens (tertiary/aromatic N) is 5. The summed E-state index contributed by atoms with van der Waals surface area (Å²) in [4.78, 5) is 23.5. The van der Waals surface area contributed by atoms with Crippen LogP contribution in [0.1, 0.15) is 24.0 Å². The third-order valence-corrected chi connectivity index (χ3v) is 5.22. The maximum absolute atomic E-state index is 14.0. The Labute approximate surface area is 172 Å². The average Bonchev–Trinajstić information content (AvgIpc) is 3.10. The van der Waals surface area contributed by atoms with Gasteiger partial charge >= 0.3 is 0 Å². The Hall–Kier alpha value is -3.36. The van der Waals surface area contributed by atoms with Crippen LogP contribution in [0.4, 0.5) is 20.5 Å². The van der Waals surface area contributed by atoms with Crippen LogP contribution in [0.3, 0.4) is 0 Å². The summed E-state index contributed by atoms with van der Waals surface area (Å²) in [7, 11) is 0. The molecule has 0 bridgehead atoms. The summed E-state index contributed by atoms with van der Waals surface area (Å²) >= 11 is 0. The van der Waals surface area contributed by atoms with Crippen molar-refractivity contribution >= 4 is 17.7 Å². The van der Waals surface area contributed by atoms with Crippen LogP contribution < -0.4 is 10.2 Å². The molecule has 1 amide bonds.